The zero-order valence-corrected chi connectivity index (χ0v) is 10.6. The first kappa shape index (κ1) is 12.8. The van der Waals surface area contributed by atoms with Crippen LogP contribution in [0.25, 0.3) is 0 Å². The highest BCUT2D eigenvalue weighted by molar-refractivity contribution is 5.81. The minimum atomic E-state index is -2.78. The van der Waals surface area contributed by atoms with Gasteiger partial charge < -0.3 is 10.2 Å². The Morgan fingerprint density at radius 1 is 1.33 bits per heavy atom. The lowest BCUT2D eigenvalue weighted by Crippen LogP contribution is -2.35. The number of hydrogen-bond acceptors (Lipinski definition) is 3. The first-order valence-electron chi connectivity index (χ1n) is 5.93. The highest BCUT2D eigenvalue weighted by atomic mass is 19.3. The fourth-order valence-corrected chi connectivity index (χ4v) is 1.82. The highest BCUT2D eigenvalue weighted by Crippen LogP contribution is 2.26. The molecule has 3 nitrogen and oxygen atoms in total. The van der Waals surface area contributed by atoms with Gasteiger partial charge in [0.25, 0.3) is 5.92 Å². The molecule has 1 N–H and O–H groups in total. The second-order valence-electron chi connectivity index (χ2n) is 4.57. The van der Waals surface area contributed by atoms with Gasteiger partial charge in [0.1, 0.15) is 0 Å². The molecule has 0 aromatic heterocycles. The fourth-order valence-electron chi connectivity index (χ4n) is 1.82. The summed E-state index contributed by atoms with van der Waals surface area (Å²) in [5.41, 5.74) is 1.01. The van der Waals surface area contributed by atoms with Crippen LogP contribution < -0.4 is 5.32 Å². The molecule has 1 aliphatic heterocycles. The molecule has 0 bridgehead atoms. The van der Waals surface area contributed by atoms with E-state index in [1.165, 1.54) is 12.1 Å². The molecular formula is C13H17F2N3. The van der Waals surface area contributed by atoms with Crippen molar-refractivity contribution in [3.63, 3.8) is 0 Å². The molecule has 2 rings (SSSR count). The summed E-state index contributed by atoms with van der Waals surface area (Å²) in [4.78, 5) is 6.34. The largest absolute Gasteiger partial charge is 0.352 e. The summed E-state index contributed by atoms with van der Waals surface area (Å²) in [6.45, 7) is 3.23. The minimum absolute atomic E-state index is 0.0431. The van der Waals surface area contributed by atoms with Crippen molar-refractivity contribution in [3.8, 4) is 0 Å². The summed E-state index contributed by atoms with van der Waals surface area (Å²) >= 11 is 0. The molecular weight excluding hydrogens is 236 g/mol. The van der Waals surface area contributed by atoms with E-state index in [0.717, 1.165) is 31.5 Å². The number of alkyl halides is 2. The van der Waals surface area contributed by atoms with Gasteiger partial charge in [-0.25, -0.2) is 8.78 Å². The van der Waals surface area contributed by atoms with E-state index in [2.05, 4.69) is 10.3 Å². The van der Waals surface area contributed by atoms with E-state index < -0.39 is 5.92 Å². The standard InChI is InChI=1S/C13H17F2N3/c1-13(14,15)11-5-3-10(4-6-11)9-17-12-16-7-8-18(12)2/h3-6H,7-9H2,1-2H3,(H,16,17). The first-order chi connectivity index (χ1) is 8.47. The fraction of sp³-hybridized carbons (Fsp3) is 0.462. The lowest BCUT2D eigenvalue weighted by atomic mass is 10.1. The second-order valence-corrected chi connectivity index (χ2v) is 4.57. The van der Waals surface area contributed by atoms with Gasteiger partial charge in [-0.1, -0.05) is 24.3 Å². The van der Waals surface area contributed by atoms with Crippen molar-refractivity contribution in [1.82, 2.24) is 10.2 Å². The molecule has 18 heavy (non-hydrogen) atoms. The third-order valence-electron chi connectivity index (χ3n) is 2.97. The number of halogens is 2. The monoisotopic (exact) mass is 253 g/mol. The molecule has 98 valence electrons. The number of benzene rings is 1. The summed E-state index contributed by atoms with van der Waals surface area (Å²) in [6, 6.07) is 6.37. The van der Waals surface area contributed by atoms with E-state index in [0.29, 0.717) is 6.54 Å². The maximum Gasteiger partial charge on any atom is 0.270 e. The van der Waals surface area contributed by atoms with E-state index in [1.54, 1.807) is 12.1 Å². The van der Waals surface area contributed by atoms with Gasteiger partial charge in [0, 0.05) is 32.6 Å². The van der Waals surface area contributed by atoms with Crippen LogP contribution in [0, 0.1) is 0 Å². The summed E-state index contributed by atoms with van der Waals surface area (Å²) < 4.78 is 26.1. The van der Waals surface area contributed by atoms with Crippen LogP contribution in [0.3, 0.4) is 0 Å². The van der Waals surface area contributed by atoms with Crippen LogP contribution >= 0.6 is 0 Å². The molecule has 1 heterocycles. The number of nitrogens with zero attached hydrogens (tertiary/aromatic N) is 2. The van der Waals surface area contributed by atoms with Gasteiger partial charge in [0.05, 0.1) is 6.54 Å². The van der Waals surface area contributed by atoms with Gasteiger partial charge in [-0.2, -0.15) is 0 Å². The Morgan fingerprint density at radius 2 is 2.00 bits per heavy atom. The highest BCUT2D eigenvalue weighted by Gasteiger charge is 2.23. The molecule has 1 aromatic rings. The smallest absolute Gasteiger partial charge is 0.270 e. The van der Waals surface area contributed by atoms with Gasteiger partial charge in [0.2, 0.25) is 0 Å². The number of aliphatic imine (C=N–C) groups is 1. The van der Waals surface area contributed by atoms with Crippen LogP contribution in [0.4, 0.5) is 8.78 Å². The van der Waals surface area contributed by atoms with Crippen LogP contribution in [0.5, 0.6) is 0 Å². The van der Waals surface area contributed by atoms with E-state index in [-0.39, 0.29) is 5.56 Å². The molecule has 1 aliphatic rings. The van der Waals surface area contributed by atoms with E-state index in [1.807, 2.05) is 11.9 Å². The SMILES string of the molecule is CN1CCN=C1NCc1ccc(C(C)(F)F)cc1. The Labute approximate surface area is 106 Å². The lowest BCUT2D eigenvalue weighted by Gasteiger charge is -2.16. The molecule has 0 aliphatic carbocycles. The topological polar surface area (TPSA) is 27.6 Å². The van der Waals surface area contributed by atoms with Crippen LogP contribution in [-0.2, 0) is 12.5 Å². The van der Waals surface area contributed by atoms with Crippen molar-refractivity contribution in [1.29, 1.82) is 0 Å². The van der Waals surface area contributed by atoms with Gasteiger partial charge in [-0.3, -0.25) is 4.99 Å². The number of nitrogens with one attached hydrogen (secondary N) is 1. The maximum absolute atomic E-state index is 13.0. The predicted octanol–water partition coefficient (Wildman–Crippen LogP) is 2.19. The van der Waals surface area contributed by atoms with Crippen LogP contribution in [0.1, 0.15) is 18.1 Å². The van der Waals surface area contributed by atoms with Gasteiger partial charge in [-0.15, -0.1) is 0 Å². The molecule has 5 heteroatoms. The van der Waals surface area contributed by atoms with E-state index >= 15 is 0 Å². The van der Waals surface area contributed by atoms with E-state index in [9.17, 15) is 8.78 Å². The Balaban J connectivity index is 1.95. The Morgan fingerprint density at radius 3 is 2.50 bits per heavy atom. The summed E-state index contributed by atoms with van der Waals surface area (Å²) in [7, 11) is 1.97. The molecule has 1 aromatic carbocycles. The molecule has 0 atom stereocenters. The van der Waals surface area contributed by atoms with Gasteiger partial charge in [-0.05, 0) is 5.56 Å². The van der Waals surface area contributed by atoms with Gasteiger partial charge in [0.15, 0.2) is 5.96 Å². The van der Waals surface area contributed by atoms with Crippen LogP contribution in [-0.4, -0.2) is 31.0 Å². The lowest BCUT2D eigenvalue weighted by molar-refractivity contribution is 0.0174. The minimum Gasteiger partial charge on any atom is -0.352 e. The maximum atomic E-state index is 13.0. The summed E-state index contributed by atoms with van der Waals surface area (Å²) in [5.74, 6) is -1.92. The van der Waals surface area contributed by atoms with Crippen molar-refractivity contribution >= 4 is 5.96 Å². The Bertz CT molecular complexity index is 435. The molecule has 0 radical (unpaired) electrons. The molecule has 0 fully saturated rings. The molecule has 0 saturated carbocycles. The Hall–Kier alpha value is -1.65. The van der Waals surface area contributed by atoms with Crippen LogP contribution in [0.15, 0.2) is 29.3 Å². The molecule has 0 unspecified atom stereocenters. The number of likely N-dealkylation sites (N-methyl/N-ethyl adjacent to an activating group) is 1. The normalized spacial score (nSPS) is 15.8. The third-order valence-corrected chi connectivity index (χ3v) is 2.97. The van der Waals surface area contributed by atoms with Crippen molar-refractivity contribution in [3.05, 3.63) is 35.4 Å². The zero-order valence-electron chi connectivity index (χ0n) is 10.6. The van der Waals surface area contributed by atoms with Crippen LogP contribution in [0.2, 0.25) is 0 Å². The Kier molecular flexibility index (Phi) is 3.50. The zero-order chi connectivity index (χ0) is 13.2. The van der Waals surface area contributed by atoms with Gasteiger partial charge >= 0.3 is 0 Å². The number of guanidine groups is 1. The molecule has 0 spiro atoms. The summed E-state index contributed by atoms with van der Waals surface area (Å²) in [5, 5.41) is 3.19. The quantitative estimate of drug-likeness (QED) is 0.894. The first-order valence-corrected chi connectivity index (χ1v) is 5.93. The average molecular weight is 253 g/mol. The van der Waals surface area contributed by atoms with E-state index in [4.69, 9.17) is 0 Å². The number of rotatable bonds is 3. The van der Waals surface area contributed by atoms with Crippen molar-refractivity contribution in [2.45, 2.75) is 19.4 Å². The molecule has 0 saturated heterocycles. The number of hydrogen-bond donors (Lipinski definition) is 1. The predicted molar refractivity (Wildman–Crippen MR) is 67.8 cm³/mol. The third kappa shape index (κ3) is 2.97. The van der Waals surface area contributed by atoms with Crippen molar-refractivity contribution in [2.75, 3.05) is 20.1 Å². The van der Waals surface area contributed by atoms with Crippen molar-refractivity contribution in [2.24, 2.45) is 4.99 Å². The van der Waals surface area contributed by atoms with Crippen molar-refractivity contribution < 1.29 is 8.78 Å². The summed E-state index contributed by atoms with van der Waals surface area (Å²) in [6.07, 6.45) is 0. The second kappa shape index (κ2) is 4.92. The molecule has 0 amide bonds. The average Bonchev–Trinajstić information content (AvgIpc) is 2.72.